The second-order valence-corrected chi connectivity index (χ2v) is 10.9. The Labute approximate surface area is 274 Å². The van der Waals surface area contributed by atoms with Crippen molar-refractivity contribution in [3.05, 3.63) is 68.8 Å². The Balaban J connectivity index is 0.000000392. The van der Waals surface area contributed by atoms with Crippen molar-refractivity contribution in [2.45, 2.75) is 46.6 Å². The standard InChI is InChI=1S/C26H31N7O2.2C2HF3O2/c1-15-9-20(10-16(2)18(15)4)30-25-28-13-17(3)24(32-25)29-21-11-19(14-33-7-5-27-6-8-33)23-22(12-21)31-26(34)35-23;2*3-2(4,5)1(6)7/h9-13,27H,5-8,14H2,1-4H3,(H,31,34)(H2,28,29,30,32);2*(H,6,7). The summed E-state index contributed by atoms with van der Waals surface area (Å²) in [5.41, 5.74) is 8.65. The zero-order chi connectivity index (χ0) is 36.7. The smallest absolute Gasteiger partial charge is 0.475 e. The van der Waals surface area contributed by atoms with E-state index in [4.69, 9.17) is 29.2 Å². The Hall–Kier alpha value is -5.17. The molecule has 0 radical (unpaired) electrons. The Morgan fingerprint density at radius 1 is 0.878 bits per heavy atom. The second kappa shape index (κ2) is 15.8. The number of fused-ring (bicyclic) bond motifs is 1. The van der Waals surface area contributed by atoms with Gasteiger partial charge in [-0.1, -0.05) is 0 Å². The van der Waals surface area contributed by atoms with E-state index in [9.17, 15) is 31.1 Å². The van der Waals surface area contributed by atoms with Gasteiger partial charge < -0.3 is 30.6 Å². The Morgan fingerprint density at radius 2 is 1.41 bits per heavy atom. The molecule has 3 heterocycles. The molecule has 266 valence electrons. The normalized spacial score (nSPS) is 13.5. The molecule has 2 aromatic carbocycles. The fourth-order valence-electron chi connectivity index (χ4n) is 4.43. The van der Waals surface area contributed by atoms with Crippen LogP contribution < -0.4 is 21.7 Å². The molecule has 1 saturated heterocycles. The summed E-state index contributed by atoms with van der Waals surface area (Å²) in [6.07, 6.45) is -8.37. The number of hydrogen-bond acceptors (Lipinski definition) is 10. The number of carboxylic acids is 2. The largest absolute Gasteiger partial charge is 0.490 e. The van der Waals surface area contributed by atoms with Gasteiger partial charge in [-0.15, -0.1) is 0 Å². The summed E-state index contributed by atoms with van der Waals surface area (Å²) >= 11 is 0. The van der Waals surface area contributed by atoms with Gasteiger partial charge in [-0.05, 0) is 68.7 Å². The number of carbonyl (C=O) groups is 2. The number of piperazine rings is 1. The van der Waals surface area contributed by atoms with E-state index in [0.29, 0.717) is 29.4 Å². The van der Waals surface area contributed by atoms with E-state index in [2.05, 4.69) is 63.7 Å². The molecule has 0 atom stereocenters. The molecule has 1 aliphatic rings. The van der Waals surface area contributed by atoms with Gasteiger partial charge in [0.05, 0.1) is 5.52 Å². The number of hydrogen-bond donors (Lipinski definition) is 6. The van der Waals surface area contributed by atoms with Crippen LogP contribution in [0.4, 0.5) is 49.5 Å². The first-order valence-electron chi connectivity index (χ1n) is 14.4. The van der Waals surface area contributed by atoms with Crippen molar-refractivity contribution in [3.63, 3.8) is 0 Å². The maximum absolute atomic E-state index is 11.9. The van der Waals surface area contributed by atoms with Crippen LogP contribution in [0.5, 0.6) is 0 Å². The number of nitrogens with zero attached hydrogens (tertiary/aromatic N) is 3. The van der Waals surface area contributed by atoms with E-state index >= 15 is 0 Å². The molecule has 0 aliphatic carbocycles. The molecule has 2 aromatic heterocycles. The predicted molar refractivity (Wildman–Crippen MR) is 166 cm³/mol. The SMILES string of the molecule is Cc1cnc(Nc2cc(C)c(C)c(C)c2)nc1Nc1cc(CN2CCNCC2)c2oc(=O)[nH]c2c1.O=C(O)C(F)(F)F.O=C(O)C(F)(F)F. The van der Waals surface area contributed by atoms with Crippen molar-refractivity contribution in [3.8, 4) is 0 Å². The lowest BCUT2D eigenvalue weighted by Gasteiger charge is -2.27. The van der Waals surface area contributed by atoms with Crippen LogP contribution in [0.3, 0.4) is 0 Å². The zero-order valence-electron chi connectivity index (χ0n) is 26.6. The van der Waals surface area contributed by atoms with Crippen LogP contribution >= 0.6 is 0 Å². The molecular formula is C30H33F6N7O6. The van der Waals surface area contributed by atoms with E-state index in [-0.39, 0.29) is 0 Å². The van der Waals surface area contributed by atoms with Gasteiger partial charge in [0.25, 0.3) is 0 Å². The summed E-state index contributed by atoms with van der Waals surface area (Å²) < 4.78 is 68.9. The average molecular weight is 702 g/mol. The highest BCUT2D eigenvalue weighted by Gasteiger charge is 2.38. The second-order valence-electron chi connectivity index (χ2n) is 10.9. The number of halogens is 6. The third-order valence-electron chi connectivity index (χ3n) is 7.10. The molecule has 0 bridgehead atoms. The molecule has 49 heavy (non-hydrogen) atoms. The lowest BCUT2D eigenvalue weighted by Crippen LogP contribution is -2.42. The van der Waals surface area contributed by atoms with Gasteiger partial charge in [0.2, 0.25) is 5.95 Å². The minimum absolute atomic E-state index is 0.452. The predicted octanol–water partition coefficient (Wildman–Crippen LogP) is 5.30. The number of rotatable bonds is 6. The maximum Gasteiger partial charge on any atom is 0.490 e. The molecule has 0 unspecified atom stereocenters. The number of benzene rings is 2. The van der Waals surface area contributed by atoms with Gasteiger partial charge in [0, 0.05) is 61.4 Å². The van der Waals surface area contributed by atoms with E-state index in [1.807, 2.05) is 19.1 Å². The summed E-state index contributed by atoms with van der Waals surface area (Å²) in [5, 5.41) is 24.4. The Kier molecular flexibility index (Phi) is 12.4. The number of aryl methyl sites for hydroxylation is 3. The van der Waals surface area contributed by atoms with Crippen LogP contribution in [0.15, 0.2) is 39.7 Å². The number of carboxylic acid groups (broad SMARTS) is 2. The highest BCUT2D eigenvalue weighted by molar-refractivity contribution is 5.82. The lowest BCUT2D eigenvalue weighted by molar-refractivity contribution is -0.193. The molecular weight excluding hydrogens is 668 g/mol. The Bertz CT molecular complexity index is 1800. The van der Waals surface area contributed by atoms with Crippen LogP contribution in [-0.4, -0.2) is 80.5 Å². The fraction of sp³-hybridized carbons (Fsp3) is 0.367. The van der Waals surface area contributed by atoms with E-state index in [1.165, 1.54) is 16.7 Å². The highest BCUT2D eigenvalue weighted by Crippen LogP contribution is 2.28. The van der Waals surface area contributed by atoms with Crippen LogP contribution in [0, 0.1) is 27.7 Å². The first-order valence-corrected chi connectivity index (χ1v) is 14.4. The number of aliphatic carboxylic acids is 2. The minimum Gasteiger partial charge on any atom is -0.475 e. The van der Waals surface area contributed by atoms with Crippen molar-refractivity contribution in [2.24, 2.45) is 0 Å². The molecule has 13 nitrogen and oxygen atoms in total. The number of nitrogens with one attached hydrogen (secondary N) is 4. The molecule has 1 aliphatic heterocycles. The van der Waals surface area contributed by atoms with E-state index in [0.717, 1.165) is 48.7 Å². The third-order valence-corrected chi connectivity index (χ3v) is 7.10. The van der Waals surface area contributed by atoms with Gasteiger partial charge in [0.15, 0.2) is 5.58 Å². The number of anilines is 4. The van der Waals surface area contributed by atoms with E-state index in [1.54, 1.807) is 6.20 Å². The summed E-state index contributed by atoms with van der Waals surface area (Å²) in [6.45, 7) is 12.8. The van der Waals surface area contributed by atoms with Crippen molar-refractivity contribution < 1.29 is 50.6 Å². The fourth-order valence-corrected chi connectivity index (χ4v) is 4.43. The maximum atomic E-state index is 11.9. The van der Waals surface area contributed by atoms with E-state index < -0.39 is 30.0 Å². The van der Waals surface area contributed by atoms with Crippen LogP contribution in [0.1, 0.15) is 27.8 Å². The summed E-state index contributed by atoms with van der Waals surface area (Å²) in [7, 11) is 0. The van der Waals surface area contributed by atoms with Gasteiger partial charge in [-0.2, -0.15) is 31.3 Å². The summed E-state index contributed by atoms with van der Waals surface area (Å²) in [5.74, 6) is -4.76. The van der Waals surface area contributed by atoms with Crippen molar-refractivity contribution in [1.82, 2.24) is 25.2 Å². The van der Waals surface area contributed by atoms with Gasteiger partial charge >= 0.3 is 30.0 Å². The van der Waals surface area contributed by atoms with Gasteiger partial charge in [-0.25, -0.2) is 19.4 Å². The summed E-state index contributed by atoms with van der Waals surface area (Å²) in [6, 6.07) is 8.11. The number of aromatic amines is 1. The first kappa shape index (κ1) is 38.3. The molecule has 0 amide bonds. The van der Waals surface area contributed by atoms with Gasteiger partial charge in [-0.3, -0.25) is 9.88 Å². The minimum atomic E-state index is -5.08. The molecule has 4 aromatic rings. The van der Waals surface area contributed by atoms with Crippen molar-refractivity contribution in [1.29, 1.82) is 0 Å². The third kappa shape index (κ3) is 11.2. The van der Waals surface area contributed by atoms with Crippen LogP contribution in [-0.2, 0) is 16.1 Å². The highest BCUT2D eigenvalue weighted by atomic mass is 19.4. The van der Waals surface area contributed by atoms with Crippen LogP contribution in [0.25, 0.3) is 11.1 Å². The zero-order valence-corrected chi connectivity index (χ0v) is 26.6. The van der Waals surface area contributed by atoms with Gasteiger partial charge in [0.1, 0.15) is 5.82 Å². The molecule has 5 rings (SSSR count). The quantitative estimate of drug-likeness (QED) is 0.143. The lowest BCUT2D eigenvalue weighted by atomic mass is 10.0. The monoisotopic (exact) mass is 701 g/mol. The first-order chi connectivity index (χ1) is 22.7. The van der Waals surface area contributed by atoms with Crippen LogP contribution in [0.2, 0.25) is 0 Å². The molecule has 19 heteroatoms. The topological polar surface area (TPSA) is 186 Å². The molecule has 0 saturated carbocycles. The molecule has 1 fully saturated rings. The Morgan fingerprint density at radius 3 is 1.94 bits per heavy atom. The molecule has 0 spiro atoms. The number of alkyl halides is 6. The number of oxazole rings is 1. The number of H-pyrrole nitrogens is 1. The number of aromatic nitrogens is 3. The van der Waals surface area contributed by atoms with Crippen molar-refractivity contribution in [2.75, 3.05) is 36.8 Å². The van der Waals surface area contributed by atoms with Crippen molar-refractivity contribution >= 4 is 46.2 Å². The average Bonchev–Trinajstić information content (AvgIpc) is 3.38. The molecule has 6 N–H and O–H groups in total. The summed E-state index contributed by atoms with van der Waals surface area (Å²) in [4.78, 5) is 44.1.